The summed E-state index contributed by atoms with van der Waals surface area (Å²) in [5, 5.41) is 5.98. The van der Waals surface area contributed by atoms with E-state index >= 15 is 0 Å². The van der Waals surface area contributed by atoms with Gasteiger partial charge in [0, 0.05) is 11.1 Å². The number of nitrogens with one attached hydrogen (secondary N) is 1. The summed E-state index contributed by atoms with van der Waals surface area (Å²) in [7, 11) is 0. The summed E-state index contributed by atoms with van der Waals surface area (Å²) in [6.45, 7) is 6.14. The van der Waals surface area contributed by atoms with Crippen molar-refractivity contribution in [3.8, 4) is 0 Å². The van der Waals surface area contributed by atoms with E-state index in [2.05, 4.69) is 24.1 Å². The Labute approximate surface area is 87.6 Å². The third-order valence-corrected chi connectivity index (χ3v) is 3.63. The van der Waals surface area contributed by atoms with E-state index in [0.717, 1.165) is 10.7 Å². The van der Waals surface area contributed by atoms with E-state index in [-0.39, 0.29) is 17.9 Å². The highest BCUT2D eigenvalue weighted by Crippen LogP contribution is 2.36. The monoisotopic (exact) mass is 210 g/mol. The van der Waals surface area contributed by atoms with Crippen molar-refractivity contribution in [2.45, 2.75) is 26.8 Å². The molecule has 1 N–H and O–H groups in total. The maximum atomic E-state index is 11.3. The SMILES string of the molecule is Cc1csc(C2NC(=O)C2C(C)C)n1. The first-order valence-corrected chi connectivity index (χ1v) is 5.70. The molecule has 0 aromatic carbocycles. The molecule has 2 heterocycles. The average Bonchev–Trinajstić information content (AvgIpc) is 2.45. The van der Waals surface area contributed by atoms with Gasteiger partial charge >= 0.3 is 0 Å². The minimum absolute atomic E-state index is 0.112. The number of thiazole rings is 1. The summed E-state index contributed by atoms with van der Waals surface area (Å²) in [6, 6.07) is 0.154. The van der Waals surface area contributed by atoms with E-state index in [1.54, 1.807) is 11.3 Å². The molecule has 1 fully saturated rings. The number of hydrogen-bond donors (Lipinski definition) is 1. The smallest absolute Gasteiger partial charge is 0.226 e. The standard InChI is InChI=1S/C10H14N2OS/c1-5(2)7-8(12-9(7)13)10-11-6(3)4-14-10/h4-5,7-8H,1-3H3,(H,12,13). The van der Waals surface area contributed by atoms with E-state index in [9.17, 15) is 4.79 Å². The number of carbonyl (C=O) groups is 1. The van der Waals surface area contributed by atoms with Crippen molar-refractivity contribution < 1.29 is 4.79 Å². The molecule has 0 bridgehead atoms. The lowest BCUT2D eigenvalue weighted by molar-refractivity contribution is -0.137. The largest absolute Gasteiger partial charge is 0.346 e. The molecule has 2 rings (SSSR count). The number of aromatic nitrogens is 1. The number of hydrogen-bond acceptors (Lipinski definition) is 3. The Hall–Kier alpha value is -0.900. The van der Waals surface area contributed by atoms with Gasteiger partial charge in [-0.1, -0.05) is 13.8 Å². The van der Waals surface area contributed by atoms with Crippen LogP contribution in [0.5, 0.6) is 0 Å². The topological polar surface area (TPSA) is 42.0 Å². The second-order valence-electron chi connectivity index (χ2n) is 4.08. The highest BCUT2D eigenvalue weighted by atomic mass is 32.1. The van der Waals surface area contributed by atoms with Gasteiger partial charge in [-0.05, 0) is 12.8 Å². The Morgan fingerprint density at radius 3 is 2.71 bits per heavy atom. The average molecular weight is 210 g/mol. The highest BCUT2D eigenvalue weighted by Gasteiger charge is 2.43. The fourth-order valence-corrected chi connectivity index (χ4v) is 2.71. The maximum absolute atomic E-state index is 11.3. The Morgan fingerprint density at radius 1 is 1.57 bits per heavy atom. The summed E-state index contributed by atoms with van der Waals surface area (Å²) in [5.41, 5.74) is 1.04. The Bertz CT molecular complexity index is 359. The first-order valence-electron chi connectivity index (χ1n) is 4.82. The minimum Gasteiger partial charge on any atom is -0.346 e. The lowest BCUT2D eigenvalue weighted by atomic mass is 9.81. The van der Waals surface area contributed by atoms with E-state index in [1.165, 1.54) is 0 Å². The van der Waals surface area contributed by atoms with Gasteiger partial charge in [0.05, 0.1) is 12.0 Å². The molecule has 0 saturated carbocycles. The molecule has 2 unspecified atom stereocenters. The number of β-lactam (4-membered cyclic amide) rings is 1. The number of carbonyl (C=O) groups excluding carboxylic acids is 1. The third-order valence-electron chi connectivity index (χ3n) is 2.58. The molecular formula is C10H14N2OS. The molecule has 4 heteroatoms. The van der Waals surface area contributed by atoms with Crippen molar-refractivity contribution in [3.05, 3.63) is 16.1 Å². The molecule has 2 atom stereocenters. The molecule has 1 aromatic rings. The molecule has 0 aliphatic carbocycles. The van der Waals surface area contributed by atoms with Gasteiger partial charge in [0.25, 0.3) is 0 Å². The number of aryl methyl sites for hydroxylation is 1. The zero-order chi connectivity index (χ0) is 10.3. The van der Waals surface area contributed by atoms with Gasteiger partial charge in [0.1, 0.15) is 5.01 Å². The summed E-state index contributed by atoms with van der Waals surface area (Å²) < 4.78 is 0. The Balaban J connectivity index is 2.17. The van der Waals surface area contributed by atoms with Gasteiger partial charge < -0.3 is 5.32 Å². The normalized spacial score (nSPS) is 26.1. The minimum atomic E-state index is 0.112. The van der Waals surface area contributed by atoms with Crippen molar-refractivity contribution >= 4 is 17.2 Å². The van der Waals surface area contributed by atoms with Crippen LogP contribution < -0.4 is 5.32 Å². The van der Waals surface area contributed by atoms with Gasteiger partial charge in [-0.3, -0.25) is 4.79 Å². The molecule has 0 radical (unpaired) electrons. The molecule has 0 spiro atoms. The highest BCUT2D eigenvalue weighted by molar-refractivity contribution is 7.09. The Kier molecular flexibility index (Phi) is 2.31. The van der Waals surface area contributed by atoms with Crippen LogP contribution in [0.1, 0.15) is 30.6 Å². The van der Waals surface area contributed by atoms with E-state index in [4.69, 9.17) is 0 Å². The first kappa shape index (κ1) is 9.65. The molecule has 14 heavy (non-hydrogen) atoms. The second kappa shape index (κ2) is 3.35. The van der Waals surface area contributed by atoms with E-state index in [1.807, 2.05) is 12.3 Å². The van der Waals surface area contributed by atoms with Crippen LogP contribution in [-0.2, 0) is 4.79 Å². The number of amides is 1. The first-order chi connectivity index (χ1) is 6.59. The summed E-state index contributed by atoms with van der Waals surface area (Å²) in [6.07, 6.45) is 0. The quantitative estimate of drug-likeness (QED) is 0.757. The molecule has 1 amide bonds. The summed E-state index contributed by atoms with van der Waals surface area (Å²) in [4.78, 5) is 15.7. The van der Waals surface area contributed by atoms with Crippen LogP contribution in [0, 0.1) is 18.8 Å². The molecule has 1 aliphatic rings. The molecule has 3 nitrogen and oxygen atoms in total. The fourth-order valence-electron chi connectivity index (χ4n) is 1.81. The lowest BCUT2D eigenvalue weighted by Gasteiger charge is -2.37. The Morgan fingerprint density at radius 2 is 2.29 bits per heavy atom. The van der Waals surface area contributed by atoms with Crippen molar-refractivity contribution in [2.24, 2.45) is 11.8 Å². The van der Waals surface area contributed by atoms with Crippen LogP contribution in [0.25, 0.3) is 0 Å². The van der Waals surface area contributed by atoms with E-state index < -0.39 is 0 Å². The predicted octanol–water partition coefficient (Wildman–Crippen LogP) is 1.89. The van der Waals surface area contributed by atoms with Gasteiger partial charge in [-0.2, -0.15) is 0 Å². The van der Waals surface area contributed by atoms with Gasteiger partial charge in [-0.25, -0.2) is 4.98 Å². The molecule has 1 aliphatic heterocycles. The predicted molar refractivity (Wildman–Crippen MR) is 56.1 cm³/mol. The van der Waals surface area contributed by atoms with Crippen LogP contribution in [0.15, 0.2) is 5.38 Å². The summed E-state index contributed by atoms with van der Waals surface area (Å²) >= 11 is 1.63. The molecule has 76 valence electrons. The van der Waals surface area contributed by atoms with Crippen molar-refractivity contribution in [2.75, 3.05) is 0 Å². The zero-order valence-electron chi connectivity index (χ0n) is 8.57. The summed E-state index contributed by atoms with van der Waals surface area (Å²) in [5.74, 6) is 0.663. The van der Waals surface area contributed by atoms with Crippen LogP contribution in [-0.4, -0.2) is 10.9 Å². The van der Waals surface area contributed by atoms with Crippen LogP contribution in [0.2, 0.25) is 0 Å². The van der Waals surface area contributed by atoms with Crippen molar-refractivity contribution in [1.82, 2.24) is 10.3 Å². The molecule has 1 saturated heterocycles. The zero-order valence-corrected chi connectivity index (χ0v) is 9.39. The van der Waals surface area contributed by atoms with Crippen molar-refractivity contribution in [1.29, 1.82) is 0 Å². The fraction of sp³-hybridized carbons (Fsp3) is 0.600. The van der Waals surface area contributed by atoms with Crippen LogP contribution in [0.3, 0.4) is 0 Å². The third kappa shape index (κ3) is 1.43. The van der Waals surface area contributed by atoms with Crippen LogP contribution >= 0.6 is 11.3 Å². The number of nitrogens with zero attached hydrogens (tertiary/aromatic N) is 1. The van der Waals surface area contributed by atoms with Gasteiger partial charge in [0.15, 0.2) is 0 Å². The van der Waals surface area contributed by atoms with Gasteiger partial charge in [-0.15, -0.1) is 11.3 Å². The van der Waals surface area contributed by atoms with Gasteiger partial charge in [0.2, 0.25) is 5.91 Å². The second-order valence-corrected chi connectivity index (χ2v) is 4.97. The van der Waals surface area contributed by atoms with E-state index in [0.29, 0.717) is 5.92 Å². The maximum Gasteiger partial charge on any atom is 0.226 e. The van der Waals surface area contributed by atoms with Crippen molar-refractivity contribution in [3.63, 3.8) is 0 Å². The molecular weight excluding hydrogens is 196 g/mol. The number of rotatable bonds is 2. The lowest BCUT2D eigenvalue weighted by Crippen LogP contribution is -2.53. The van der Waals surface area contributed by atoms with Crippen LogP contribution in [0.4, 0.5) is 0 Å². The molecule has 1 aromatic heterocycles.